The molecule has 1 aromatic heterocycles. The van der Waals surface area contributed by atoms with Crippen molar-refractivity contribution >= 4 is 11.8 Å². The summed E-state index contributed by atoms with van der Waals surface area (Å²) < 4.78 is 0. The van der Waals surface area contributed by atoms with Gasteiger partial charge >= 0.3 is 0 Å². The van der Waals surface area contributed by atoms with Crippen molar-refractivity contribution in [3.05, 3.63) is 66.0 Å². The van der Waals surface area contributed by atoms with Crippen molar-refractivity contribution in [2.75, 3.05) is 0 Å². The zero-order valence-corrected chi connectivity index (χ0v) is 17.7. The van der Waals surface area contributed by atoms with E-state index in [1.807, 2.05) is 36.4 Å². The van der Waals surface area contributed by atoms with Crippen molar-refractivity contribution in [2.24, 2.45) is 5.41 Å². The van der Waals surface area contributed by atoms with Crippen LogP contribution in [0.3, 0.4) is 0 Å². The number of likely N-dealkylation sites (tertiary alicyclic amines) is 2. The number of carbonyl (C=O) groups is 2. The Morgan fingerprint density at radius 3 is 2.40 bits per heavy atom. The molecule has 0 N–H and O–H groups in total. The van der Waals surface area contributed by atoms with E-state index in [1.165, 1.54) is 5.56 Å². The van der Waals surface area contributed by atoms with Gasteiger partial charge in [-0.15, -0.1) is 0 Å². The summed E-state index contributed by atoms with van der Waals surface area (Å²) in [5.41, 5.74) is 1.67. The van der Waals surface area contributed by atoms with Crippen LogP contribution in [0, 0.1) is 5.41 Å². The van der Waals surface area contributed by atoms with Crippen LogP contribution in [-0.2, 0) is 11.2 Å². The number of pyridine rings is 1. The number of hydrogen-bond donors (Lipinski definition) is 0. The number of fused-ring (bicyclic) bond motifs is 1. The lowest BCUT2D eigenvalue weighted by molar-refractivity contribution is -0.142. The van der Waals surface area contributed by atoms with Crippen LogP contribution in [0.5, 0.6) is 0 Å². The van der Waals surface area contributed by atoms with Gasteiger partial charge in [0, 0.05) is 30.6 Å². The van der Waals surface area contributed by atoms with Gasteiger partial charge in [0.25, 0.3) is 5.91 Å². The first-order valence-electron chi connectivity index (χ1n) is 11.1. The summed E-state index contributed by atoms with van der Waals surface area (Å²) in [4.78, 5) is 35.2. The zero-order chi connectivity index (χ0) is 20.9. The minimum atomic E-state index is -0.0494. The van der Waals surface area contributed by atoms with E-state index >= 15 is 0 Å². The molecule has 0 unspecified atom stereocenters. The van der Waals surface area contributed by atoms with Crippen molar-refractivity contribution in [2.45, 2.75) is 70.1 Å². The molecule has 3 heterocycles. The number of piperidine rings is 1. The first kappa shape index (κ1) is 19.3. The quantitative estimate of drug-likeness (QED) is 0.785. The van der Waals surface area contributed by atoms with Gasteiger partial charge in [-0.2, -0.15) is 0 Å². The lowest BCUT2D eigenvalue weighted by Crippen LogP contribution is -2.62. The Balaban J connectivity index is 1.59. The van der Waals surface area contributed by atoms with Crippen LogP contribution < -0.4 is 0 Å². The highest BCUT2D eigenvalue weighted by atomic mass is 16.2. The second-order valence-corrected chi connectivity index (χ2v) is 9.35. The summed E-state index contributed by atoms with van der Waals surface area (Å²) in [6, 6.07) is 16.3. The predicted octanol–water partition coefficient (Wildman–Crippen LogP) is 3.70. The van der Waals surface area contributed by atoms with Gasteiger partial charge in [-0.3, -0.25) is 14.6 Å². The van der Waals surface area contributed by atoms with E-state index in [2.05, 4.69) is 33.8 Å². The zero-order valence-electron chi connectivity index (χ0n) is 17.7. The first-order valence-corrected chi connectivity index (χ1v) is 11.1. The van der Waals surface area contributed by atoms with Gasteiger partial charge in [0.1, 0.15) is 5.69 Å². The Kier molecular flexibility index (Phi) is 4.64. The summed E-state index contributed by atoms with van der Waals surface area (Å²) in [6.07, 6.45) is 6.50. The van der Waals surface area contributed by atoms with Gasteiger partial charge < -0.3 is 9.80 Å². The normalized spacial score (nSPS) is 32.2. The highest BCUT2D eigenvalue weighted by Crippen LogP contribution is 2.56. The molecule has 2 amide bonds. The van der Waals surface area contributed by atoms with Crippen LogP contribution in [0.2, 0.25) is 0 Å². The molecule has 0 spiro atoms. The van der Waals surface area contributed by atoms with Crippen LogP contribution >= 0.6 is 0 Å². The topological polar surface area (TPSA) is 53.5 Å². The maximum Gasteiger partial charge on any atom is 0.273 e. The van der Waals surface area contributed by atoms with Crippen molar-refractivity contribution in [3.8, 4) is 0 Å². The van der Waals surface area contributed by atoms with Gasteiger partial charge in [0.15, 0.2) is 0 Å². The fraction of sp³-hybridized carbons (Fsp3) is 0.480. The molecule has 3 aliphatic rings. The van der Waals surface area contributed by atoms with E-state index in [-0.39, 0.29) is 41.4 Å². The third kappa shape index (κ3) is 2.86. The molecule has 156 valence electrons. The number of aromatic nitrogens is 1. The average Bonchev–Trinajstić information content (AvgIpc) is 3.07. The summed E-state index contributed by atoms with van der Waals surface area (Å²) in [6.45, 7) is 4.00. The largest absolute Gasteiger partial charge is 0.334 e. The molecule has 5 nitrogen and oxygen atoms in total. The summed E-state index contributed by atoms with van der Waals surface area (Å²) in [7, 11) is 0. The van der Waals surface area contributed by atoms with Crippen molar-refractivity contribution in [3.63, 3.8) is 0 Å². The highest BCUT2D eigenvalue weighted by molar-refractivity contribution is 5.93. The maximum absolute atomic E-state index is 13.7. The fourth-order valence-corrected chi connectivity index (χ4v) is 6.55. The van der Waals surface area contributed by atoms with Crippen LogP contribution in [0.25, 0.3) is 0 Å². The van der Waals surface area contributed by atoms with E-state index in [9.17, 15) is 9.59 Å². The highest BCUT2D eigenvalue weighted by Gasteiger charge is 2.64. The molecule has 2 aliphatic heterocycles. The van der Waals surface area contributed by atoms with E-state index in [0.29, 0.717) is 5.69 Å². The van der Waals surface area contributed by atoms with E-state index in [4.69, 9.17) is 0 Å². The average molecular weight is 404 g/mol. The Labute approximate surface area is 178 Å². The van der Waals surface area contributed by atoms with Gasteiger partial charge in [-0.1, -0.05) is 43.3 Å². The Hall–Kier alpha value is -2.69. The summed E-state index contributed by atoms with van der Waals surface area (Å²) >= 11 is 0. The van der Waals surface area contributed by atoms with Gasteiger partial charge in [-0.05, 0) is 49.8 Å². The molecule has 1 aliphatic carbocycles. The molecule has 1 saturated carbocycles. The maximum atomic E-state index is 13.7. The molecule has 5 rings (SSSR count). The van der Waals surface area contributed by atoms with E-state index in [0.717, 1.165) is 32.1 Å². The molecule has 1 aromatic carbocycles. The monoisotopic (exact) mass is 403 g/mol. The van der Waals surface area contributed by atoms with Gasteiger partial charge in [-0.25, -0.2) is 0 Å². The lowest BCUT2D eigenvalue weighted by atomic mass is 9.64. The standard InChI is InChI=1S/C25H29N3O2/c1-17(29)27-20(15-18-9-4-3-5-10-18)21-16-25(2)22(27)12-8-13-23(25)28(21)24(30)19-11-6-7-14-26-19/h3-7,9-11,14,20-23H,8,12-13,15-16H2,1-2H3/t20-,21+,22-,23+,25-/m1/s1. The first-order chi connectivity index (χ1) is 14.5. The van der Waals surface area contributed by atoms with Gasteiger partial charge in [0.05, 0.1) is 12.1 Å². The number of hydrogen-bond acceptors (Lipinski definition) is 3. The third-order valence-corrected chi connectivity index (χ3v) is 7.73. The molecule has 30 heavy (non-hydrogen) atoms. The molecule has 0 radical (unpaired) electrons. The third-order valence-electron chi connectivity index (χ3n) is 7.73. The Morgan fingerprint density at radius 1 is 1.03 bits per heavy atom. The number of amides is 2. The van der Waals surface area contributed by atoms with Crippen LogP contribution in [0.15, 0.2) is 54.7 Å². The summed E-state index contributed by atoms with van der Waals surface area (Å²) in [5.74, 6) is 0.142. The molecule has 2 saturated heterocycles. The molecule has 5 heteroatoms. The van der Waals surface area contributed by atoms with E-state index < -0.39 is 0 Å². The summed E-state index contributed by atoms with van der Waals surface area (Å²) in [5, 5.41) is 0. The van der Waals surface area contributed by atoms with Crippen molar-refractivity contribution in [1.82, 2.24) is 14.8 Å². The minimum Gasteiger partial charge on any atom is -0.334 e. The second-order valence-electron chi connectivity index (χ2n) is 9.35. The lowest BCUT2D eigenvalue weighted by Gasteiger charge is -2.52. The van der Waals surface area contributed by atoms with Gasteiger partial charge in [0.2, 0.25) is 5.91 Å². The Bertz CT molecular complexity index is 947. The van der Waals surface area contributed by atoms with E-state index in [1.54, 1.807) is 13.1 Å². The number of carbonyl (C=O) groups excluding carboxylic acids is 2. The van der Waals surface area contributed by atoms with Crippen molar-refractivity contribution in [1.29, 1.82) is 0 Å². The number of nitrogens with zero attached hydrogens (tertiary/aromatic N) is 3. The number of rotatable bonds is 3. The minimum absolute atomic E-state index is 0.00117. The fourth-order valence-electron chi connectivity index (χ4n) is 6.55. The smallest absolute Gasteiger partial charge is 0.273 e. The van der Waals surface area contributed by atoms with Crippen LogP contribution in [0.4, 0.5) is 0 Å². The SMILES string of the molecule is CC(=O)N1[C@H](Cc2ccccc2)[C@@H]2C[C@@]3(C)[C@H](CCC[C@@H]13)N2C(=O)c1ccccn1. The molecular formula is C25H29N3O2. The van der Waals surface area contributed by atoms with Crippen LogP contribution in [0.1, 0.15) is 55.6 Å². The Morgan fingerprint density at radius 2 is 1.73 bits per heavy atom. The molecular weight excluding hydrogens is 374 g/mol. The molecule has 3 fully saturated rings. The molecule has 5 atom stereocenters. The second kappa shape index (κ2) is 7.22. The predicted molar refractivity (Wildman–Crippen MR) is 115 cm³/mol. The van der Waals surface area contributed by atoms with Crippen LogP contribution in [-0.4, -0.2) is 50.8 Å². The number of benzene rings is 1. The van der Waals surface area contributed by atoms with Crippen molar-refractivity contribution < 1.29 is 9.59 Å². The molecule has 2 bridgehead atoms. The molecule has 2 aromatic rings.